The predicted molar refractivity (Wildman–Crippen MR) is 130 cm³/mol. The summed E-state index contributed by atoms with van der Waals surface area (Å²) < 4.78 is 11.5. The summed E-state index contributed by atoms with van der Waals surface area (Å²) in [6.45, 7) is 6.38. The molecule has 2 aromatic rings. The molecular weight excluding hydrogens is 493 g/mol. The van der Waals surface area contributed by atoms with Gasteiger partial charge >= 0.3 is 0 Å². The first kappa shape index (κ1) is 22.5. The number of ether oxygens (including phenoxy) is 2. The number of nitrogens with zero attached hydrogens (tertiary/aromatic N) is 4. The van der Waals surface area contributed by atoms with E-state index in [-0.39, 0.29) is 30.1 Å². The second kappa shape index (κ2) is 10.2. The van der Waals surface area contributed by atoms with E-state index in [0.717, 1.165) is 61.4 Å². The zero-order valence-corrected chi connectivity index (χ0v) is 20.1. The number of hydrogen-bond donors (Lipinski definition) is 1. The first-order chi connectivity index (χ1) is 14.2. The largest absolute Gasteiger partial charge is 0.496 e. The molecule has 30 heavy (non-hydrogen) atoms. The van der Waals surface area contributed by atoms with E-state index in [1.807, 2.05) is 25.4 Å². The summed E-state index contributed by atoms with van der Waals surface area (Å²) >= 11 is 0. The molecule has 0 spiro atoms. The van der Waals surface area contributed by atoms with E-state index in [4.69, 9.17) is 9.47 Å². The summed E-state index contributed by atoms with van der Waals surface area (Å²) in [6.07, 6.45) is 3.00. The van der Waals surface area contributed by atoms with Crippen molar-refractivity contribution in [2.45, 2.75) is 26.0 Å². The first-order valence-corrected chi connectivity index (χ1v) is 10.2. The van der Waals surface area contributed by atoms with Gasteiger partial charge < -0.3 is 24.6 Å². The maximum Gasteiger partial charge on any atom is 0.194 e. The maximum atomic E-state index is 5.91. The Morgan fingerprint density at radius 1 is 1.27 bits per heavy atom. The van der Waals surface area contributed by atoms with Gasteiger partial charge in [0.25, 0.3) is 0 Å². The van der Waals surface area contributed by atoms with Crippen LogP contribution in [-0.4, -0.2) is 62.3 Å². The number of pyridine rings is 1. The van der Waals surface area contributed by atoms with Crippen LogP contribution in [0.3, 0.4) is 0 Å². The Labute approximate surface area is 195 Å². The quantitative estimate of drug-likeness (QED) is 0.378. The first-order valence-electron chi connectivity index (χ1n) is 10.2. The van der Waals surface area contributed by atoms with Crippen molar-refractivity contribution in [1.82, 2.24) is 15.2 Å². The van der Waals surface area contributed by atoms with Crippen LogP contribution in [0.5, 0.6) is 11.5 Å². The fourth-order valence-corrected chi connectivity index (χ4v) is 4.00. The van der Waals surface area contributed by atoms with Gasteiger partial charge in [-0.3, -0.25) is 4.99 Å². The average Bonchev–Trinajstić information content (AvgIpc) is 3.13. The minimum absolute atomic E-state index is 0. The summed E-state index contributed by atoms with van der Waals surface area (Å²) in [4.78, 5) is 13.5. The van der Waals surface area contributed by atoms with Crippen molar-refractivity contribution in [3.05, 3.63) is 47.7 Å². The van der Waals surface area contributed by atoms with Crippen LogP contribution in [0.1, 0.15) is 18.1 Å². The number of methoxy groups -OCH3 is 1. The molecule has 0 radical (unpaired) electrons. The van der Waals surface area contributed by atoms with Crippen LogP contribution in [0.4, 0.5) is 5.82 Å². The van der Waals surface area contributed by atoms with E-state index in [9.17, 15) is 0 Å². The summed E-state index contributed by atoms with van der Waals surface area (Å²) in [5, 5.41) is 3.49. The number of rotatable bonds is 4. The van der Waals surface area contributed by atoms with Crippen molar-refractivity contribution in [3.63, 3.8) is 0 Å². The zero-order chi connectivity index (χ0) is 20.2. The Morgan fingerprint density at radius 3 is 2.73 bits per heavy atom. The van der Waals surface area contributed by atoms with E-state index < -0.39 is 0 Å². The number of aromatic nitrogens is 1. The van der Waals surface area contributed by atoms with Gasteiger partial charge in [-0.2, -0.15) is 0 Å². The summed E-state index contributed by atoms with van der Waals surface area (Å²) in [5.74, 6) is 3.80. The third-order valence-corrected chi connectivity index (χ3v) is 5.50. The smallest absolute Gasteiger partial charge is 0.194 e. The second-order valence-electron chi connectivity index (χ2n) is 7.47. The summed E-state index contributed by atoms with van der Waals surface area (Å²) in [6, 6.07) is 10.2. The van der Waals surface area contributed by atoms with Crippen LogP contribution in [0.15, 0.2) is 41.5 Å². The predicted octanol–water partition coefficient (Wildman–Crippen LogP) is 2.93. The second-order valence-corrected chi connectivity index (χ2v) is 7.47. The molecule has 7 nitrogen and oxygen atoms in total. The third-order valence-electron chi connectivity index (χ3n) is 5.50. The number of piperazine rings is 1. The molecule has 3 heterocycles. The SMILES string of the molecule is CN=C(NCc1cc2c(cc1OC)CC(C)O2)N1CCN(c2ccccn2)CC1.I. The van der Waals surface area contributed by atoms with Crippen molar-refractivity contribution in [2.24, 2.45) is 4.99 Å². The monoisotopic (exact) mass is 523 g/mol. The van der Waals surface area contributed by atoms with Crippen LogP contribution >= 0.6 is 24.0 Å². The van der Waals surface area contributed by atoms with Gasteiger partial charge in [0.1, 0.15) is 23.4 Å². The van der Waals surface area contributed by atoms with Crippen LogP contribution in [0.25, 0.3) is 0 Å². The highest BCUT2D eigenvalue weighted by atomic mass is 127. The van der Waals surface area contributed by atoms with Gasteiger partial charge in [0, 0.05) is 63.5 Å². The molecule has 1 fully saturated rings. The average molecular weight is 523 g/mol. The molecule has 1 N–H and O–H groups in total. The van der Waals surface area contributed by atoms with Gasteiger partial charge in [-0.05, 0) is 31.2 Å². The molecule has 0 aliphatic carbocycles. The molecule has 4 rings (SSSR count). The Hall–Kier alpha value is -2.23. The van der Waals surface area contributed by atoms with Crippen LogP contribution in [0.2, 0.25) is 0 Å². The van der Waals surface area contributed by atoms with Crippen LogP contribution < -0.4 is 19.7 Å². The zero-order valence-electron chi connectivity index (χ0n) is 17.8. The summed E-state index contributed by atoms with van der Waals surface area (Å²) in [5.41, 5.74) is 2.29. The summed E-state index contributed by atoms with van der Waals surface area (Å²) in [7, 11) is 3.55. The molecule has 0 saturated carbocycles. The van der Waals surface area contributed by atoms with Crippen LogP contribution in [-0.2, 0) is 13.0 Å². The van der Waals surface area contributed by atoms with Crippen LogP contribution in [0, 0.1) is 0 Å². The van der Waals surface area contributed by atoms with Crippen molar-refractivity contribution in [2.75, 3.05) is 45.2 Å². The molecule has 1 unspecified atom stereocenters. The number of anilines is 1. The minimum atomic E-state index is 0. The third kappa shape index (κ3) is 4.91. The molecule has 1 saturated heterocycles. The Balaban J connectivity index is 0.00000256. The van der Waals surface area contributed by atoms with Gasteiger partial charge in [0.2, 0.25) is 0 Å². The highest BCUT2D eigenvalue weighted by Crippen LogP contribution is 2.34. The number of nitrogens with one attached hydrogen (secondary N) is 1. The van der Waals surface area contributed by atoms with Crippen molar-refractivity contribution >= 4 is 35.8 Å². The normalized spacial score (nSPS) is 18.4. The Kier molecular flexibility index (Phi) is 7.63. The van der Waals surface area contributed by atoms with Gasteiger partial charge in [-0.25, -0.2) is 4.98 Å². The van der Waals surface area contributed by atoms with Gasteiger partial charge in [-0.1, -0.05) is 6.07 Å². The molecule has 162 valence electrons. The number of guanidine groups is 1. The molecule has 0 amide bonds. The minimum Gasteiger partial charge on any atom is -0.496 e. The number of aliphatic imine (C=N–C) groups is 1. The lowest BCUT2D eigenvalue weighted by Crippen LogP contribution is -2.52. The van der Waals surface area contributed by atoms with Crippen molar-refractivity contribution in [1.29, 1.82) is 0 Å². The Morgan fingerprint density at radius 2 is 2.07 bits per heavy atom. The van der Waals surface area contributed by atoms with Gasteiger partial charge in [0.15, 0.2) is 5.96 Å². The van der Waals surface area contributed by atoms with E-state index in [1.165, 1.54) is 5.56 Å². The lowest BCUT2D eigenvalue weighted by atomic mass is 10.1. The standard InChI is InChI=1S/C22H29N5O2.HI/c1-16-12-17-13-19(28-3)18(14-20(17)29-16)15-25-22(23-2)27-10-8-26(9-11-27)21-6-4-5-7-24-21;/h4-7,13-14,16H,8-12,15H2,1-3H3,(H,23,25);1H. The topological polar surface area (TPSA) is 62.2 Å². The van der Waals surface area contributed by atoms with Gasteiger partial charge in [0.05, 0.1) is 7.11 Å². The Bertz CT molecular complexity index is 869. The number of halogens is 1. The molecule has 0 bridgehead atoms. The number of hydrogen-bond acceptors (Lipinski definition) is 5. The van der Waals surface area contributed by atoms with Gasteiger partial charge in [-0.15, -0.1) is 24.0 Å². The highest BCUT2D eigenvalue weighted by Gasteiger charge is 2.23. The lowest BCUT2D eigenvalue weighted by molar-refractivity contribution is 0.254. The van der Waals surface area contributed by atoms with E-state index in [2.05, 4.69) is 50.2 Å². The van der Waals surface area contributed by atoms with E-state index in [1.54, 1.807) is 7.11 Å². The number of benzene rings is 1. The molecular formula is C22H30IN5O2. The highest BCUT2D eigenvalue weighted by molar-refractivity contribution is 14.0. The molecule has 2 aliphatic heterocycles. The van der Waals surface area contributed by atoms with Crippen molar-refractivity contribution < 1.29 is 9.47 Å². The lowest BCUT2D eigenvalue weighted by Gasteiger charge is -2.37. The fraction of sp³-hybridized carbons (Fsp3) is 0.455. The molecule has 1 aromatic heterocycles. The van der Waals surface area contributed by atoms with E-state index in [0.29, 0.717) is 6.54 Å². The van der Waals surface area contributed by atoms with E-state index >= 15 is 0 Å². The molecule has 1 atom stereocenters. The fourth-order valence-electron chi connectivity index (χ4n) is 4.00. The number of fused-ring (bicyclic) bond motifs is 1. The molecule has 1 aromatic carbocycles. The molecule has 8 heteroatoms. The maximum absolute atomic E-state index is 5.91. The van der Waals surface area contributed by atoms with Crippen molar-refractivity contribution in [3.8, 4) is 11.5 Å². The molecule has 2 aliphatic rings.